The van der Waals surface area contributed by atoms with Gasteiger partial charge < -0.3 is 34.9 Å². The average molecular weight is 648 g/mol. The van der Waals surface area contributed by atoms with Gasteiger partial charge in [0, 0.05) is 13.0 Å². The first-order valence-corrected chi connectivity index (χ1v) is 16.3. The molecule has 1 saturated carbocycles. The first-order valence-electron chi connectivity index (χ1n) is 16.3. The van der Waals surface area contributed by atoms with E-state index in [1.165, 1.54) is 0 Å². The molecule has 0 saturated heterocycles. The number of rotatable bonds is 15. The molecule has 3 amide bonds. The Morgan fingerprint density at radius 2 is 1.41 bits per heavy atom. The maximum absolute atomic E-state index is 13.5. The predicted octanol–water partition coefficient (Wildman–Crippen LogP) is 5.32. The van der Waals surface area contributed by atoms with Crippen LogP contribution in [0, 0.1) is 5.92 Å². The van der Waals surface area contributed by atoms with Crippen LogP contribution >= 0.6 is 0 Å². The largest absolute Gasteiger partial charge is 0.465 e. The fourth-order valence-electron chi connectivity index (χ4n) is 4.78. The zero-order valence-electron chi connectivity index (χ0n) is 28.3. The Kier molecular flexibility index (Phi) is 15.8. The van der Waals surface area contributed by atoms with Crippen LogP contribution in [-0.2, 0) is 39.9 Å². The molecule has 0 aliphatic heterocycles. The zero-order valence-corrected chi connectivity index (χ0v) is 28.3. The van der Waals surface area contributed by atoms with Crippen molar-refractivity contribution in [3.63, 3.8) is 0 Å². The van der Waals surface area contributed by atoms with Crippen molar-refractivity contribution in [3.8, 4) is 0 Å². The van der Waals surface area contributed by atoms with Crippen molar-refractivity contribution in [2.75, 3.05) is 13.2 Å². The summed E-state index contributed by atoms with van der Waals surface area (Å²) >= 11 is 0. The second kappa shape index (κ2) is 19.0. The second-order valence-electron chi connectivity index (χ2n) is 13.6. The van der Waals surface area contributed by atoms with E-state index in [1.807, 2.05) is 30.3 Å². The Balaban J connectivity index is 1.97. The van der Waals surface area contributed by atoms with Gasteiger partial charge in [-0.2, -0.15) is 0 Å². The van der Waals surface area contributed by atoms with E-state index in [0.717, 1.165) is 37.7 Å². The molecule has 0 bridgehead atoms. The van der Waals surface area contributed by atoms with Gasteiger partial charge in [0.25, 0.3) is 0 Å². The highest BCUT2D eigenvalue weighted by molar-refractivity contribution is 5.89. The maximum atomic E-state index is 13.5. The number of amides is 3. The number of carbonyl (C=O) groups excluding carboxylic acids is 5. The van der Waals surface area contributed by atoms with Gasteiger partial charge >= 0.3 is 24.1 Å². The second-order valence-corrected chi connectivity index (χ2v) is 13.6. The molecule has 1 aromatic rings. The van der Waals surface area contributed by atoms with Gasteiger partial charge in [-0.25, -0.2) is 14.4 Å². The van der Waals surface area contributed by atoms with E-state index in [9.17, 15) is 24.0 Å². The third-order valence-electron chi connectivity index (χ3n) is 7.01. The summed E-state index contributed by atoms with van der Waals surface area (Å²) in [5, 5.41) is 7.95. The summed E-state index contributed by atoms with van der Waals surface area (Å²) in [6.07, 6.45) is 4.42. The Hall–Kier alpha value is -3.83. The summed E-state index contributed by atoms with van der Waals surface area (Å²) in [6.45, 7) is 10.6. The quantitative estimate of drug-likeness (QED) is 0.130. The molecule has 3 N–H and O–H groups in total. The van der Waals surface area contributed by atoms with E-state index in [2.05, 4.69) is 16.0 Å². The number of esters is 2. The summed E-state index contributed by atoms with van der Waals surface area (Å²) in [6, 6.07) is 7.15. The molecule has 1 aliphatic rings. The third-order valence-corrected chi connectivity index (χ3v) is 7.01. The lowest BCUT2D eigenvalue weighted by Gasteiger charge is -2.27. The molecule has 0 heterocycles. The lowest BCUT2D eigenvalue weighted by Crippen LogP contribution is -2.53. The van der Waals surface area contributed by atoms with Gasteiger partial charge in [0.05, 0.1) is 12.5 Å². The summed E-state index contributed by atoms with van der Waals surface area (Å²) in [4.78, 5) is 63.7. The van der Waals surface area contributed by atoms with Crippen LogP contribution in [-0.4, -0.2) is 66.5 Å². The van der Waals surface area contributed by atoms with Crippen LogP contribution in [0.3, 0.4) is 0 Å². The molecule has 2 atom stereocenters. The van der Waals surface area contributed by atoms with Gasteiger partial charge in [0.2, 0.25) is 5.91 Å². The van der Waals surface area contributed by atoms with Crippen LogP contribution < -0.4 is 16.0 Å². The average Bonchev–Trinajstić information content (AvgIpc) is 2.97. The smallest absolute Gasteiger partial charge is 0.408 e. The van der Waals surface area contributed by atoms with Crippen molar-refractivity contribution >= 4 is 30.0 Å². The van der Waals surface area contributed by atoms with Crippen molar-refractivity contribution in [2.45, 2.75) is 129 Å². The van der Waals surface area contributed by atoms with Gasteiger partial charge in [0.15, 0.2) is 0 Å². The molecule has 12 nitrogen and oxygen atoms in total. The minimum atomic E-state index is -1.14. The molecular weight excluding hydrogens is 594 g/mol. The van der Waals surface area contributed by atoms with E-state index in [1.54, 1.807) is 41.5 Å². The Morgan fingerprint density at radius 3 is 2.04 bits per heavy atom. The predicted molar refractivity (Wildman–Crippen MR) is 172 cm³/mol. The highest BCUT2D eigenvalue weighted by Crippen LogP contribution is 2.24. The molecular formula is C34H53N3O9. The number of hydrogen-bond donors (Lipinski definition) is 3. The molecule has 1 fully saturated rings. The van der Waals surface area contributed by atoms with Crippen LogP contribution in [0.2, 0.25) is 0 Å². The minimum Gasteiger partial charge on any atom is -0.465 e. The number of alkyl carbamates (subject to hydrolysis) is 2. The van der Waals surface area contributed by atoms with Crippen LogP contribution in [0.15, 0.2) is 30.3 Å². The molecule has 0 unspecified atom stereocenters. The van der Waals surface area contributed by atoms with Gasteiger partial charge in [0.1, 0.15) is 29.9 Å². The molecule has 2 rings (SSSR count). The topological polar surface area (TPSA) is 158 Å². The molecule has 1 aromatic carbocycles. The lowest BCUT2D eigenvalue weighted by atomic mass is 9.89. The third kappa shape index (κ3) is 16.5. The monoisotopic (exact) mass is 647 g/mol. The van der Waals surface area contributed by atoms with E-state index >= 15 is 0 Å². The van der Waals surface area contributed by atoms with Crippen molar-refractivity contribution < 1.29 is 42.9 Å². The molecule has 0 aromatic heterocycles. The fraction of sp³-hybridized carbons (Fsp3) is 0.676. The fourth-order valence-corrected chi connectivity index (χ4v) is 4.78. The Bertz CT molecular complexity index is 1120. The number of benzene rings is 1. The van der Waals surface area contributed by atoms with Crippen LogP contribution in [0.1, 0.15) is 105 Å². The van der Waals surface area contributed by atoms with E-state index < -0.39 is 47.3 Å². The Morgan fingerprint density at radius 1 is 0.761 bits per heavy atom. The van der Waals surface area contributed by atoms with Crippen molar-refractivity contribution in [1.29, 1.82) is 0 Å². The van der Waals surface area contributed by atoms with Crippen LogP contribution in [0.25, 0.3) is 0 Å². The van der Waals surface area contributed by atoms with Gasteiger partial charge in [-0.15, -0.1) is 0 Å². The summed E-state index contributed by atoms with van der Waals surface area (Å²) in [5.74, 6) is -1.73. The lowest BCUT2D eigenvalue weighted by molar-refractivity contribution is -0.159. The first-order chi connectivity index (χ1) is 21.6. The number of ether oxygens (including phenoxy) is 4. The SMILES string of the molecule is CC(C)(C)OC(=O)N[C@@H](CCOC(=O)C1CCCCC1)C(=O)N[C@@H](CCCCNC(=O)OCc1ccccc1)C(=O)OC(C)(C)C. The maximum Gasteiger partial charge on any atom is 0.408 e. The number of unbranched alkanes of at least 4 members (excludes halogenated alkanes) is 1. The summed E-state index contributed by atoms with van der Waals surface area (Å²) in [5.41, 5.74) is -0.735. The van der Waals surface area contributed by atoms with E-state index in [4.69, 9.17) is 18.9 Å². The van der Waals surface area contributed by atoms with E-state index in [-0.39, 0.29) is 37.9 Å². The molecule has 0 spiro atoms. The molecule has 12 heteroatoms. The van der Waals surface area contributed by atoms with Gasteiger partial charge in [-0.1, -0.05) is 49.6 Å². The van der Waals surface area contributed by atoms with E-state index in [0.29, 0.717) is 19.4 Å². The number of carbonyl (C=O) groups is 5. The molecule has 0 radical (unpaired) electrons. The molecule has 258 valence electrons. The number of hydrogen-bond acceptors (Lipinski definition) is 9. The molecule has 46 heavy (non-hydrogen) atoms. The first kappa shape index (κ1) is 38.4. The van der Waals surface area contributed by atoms with Crippen molar-refractivity contribution in [3.05, 3.63) is 35.9 Å². The van der Waals surface area contributed by atoms with Crippen molar-refractivity contribution in [2.24, 2.45) is 5.92 Å². The van der Waals surface area contributed by atoms with Gasteiger partial charge in [-0.3, -0.25) is 9.59 Å². The van der Waals surface area contributed by atoms with Crippen molar-refractivity contribution in [1.82, 2.24) is 16.0 Å². The van der Waals surface area contributed by atoms with Gasteiger partial charge in [-0.05, 0) is 79.2 Å². The highest BCUT2D eigenvalue weighted by Gasteiger charge is 2.31. The summed E-state index contributed by atoms with van der Waals surface area (Å²) in [7, 11) is 0. The highest BCUT2D eigenvalue weighted by atomic mass is 16.6. The number of nitrogens with one attached hydrogen (secondary N) is 3. The Labute approximate surface area is 273 Å². The van der Waals surface area contributed by atoms with Crippen LogP contribution in [0.5, 0.6) is 0 Å². The summed E-state index contributed by atoms with van der Waals surface area (Å²) < 4.78 is 21.6. The standard InChI is InChI=1S/C34H53N3O9/c1-33(2,3)45-30(40)27(19-13-14-21-35-31(41)44-23-24-15-9-7-10-16-24)36-28(38)26(37-32(42)46-34(4,5)6)20-22-43-29(39)25-17-11-8-12-18-25/h7,9-10,15-16,25-27H,8,11-14,17-23H2,1-6H3,(H,35,41)(H,36,38)(H,37,42)/t26-,27-/m0/s1. The normalized spacial score (nSPS) is 15.1. The molecule has 1 aliphatic carbocycles. The zero-order chi connectivity index (χ0) is 34.2. The minimum absolute atomic E-state index is 0.0143. The van der Waals surface area contributed by atoms with Crippen LogP contribution in [0.4, 0.5) is 9.59 Å².